The third kappa shape index (κ3) is 29.2. The van der Waals surface area contributed by atoms with Crippen LogP contribution in [0.1, 0.15) is 191 Å². The molecule has 18 nitrogen and oxygen atoms in total. The molecule has 108 heavy (non-hydrogen) atoms. The van der Waals surface area contributed by atoms with Crippen molar-refractivity contribution in [1.82, 2.24) is 0 Å². The SMILES string of the molecule is COCCOCCOCCOc1cc(C#Cc2cc(C#Cc3ccc(C(=O)OC(C)(C)C)cc3)c(C#Cc3ccc(C(=O)OC(C)(C)C)cc3)cc2OC)c(C#Cc2cc(C#Cc3ccc(C(=O)OC(C)(C)C)cc3)c(C#Cc3ccc(C(=O)OC(C)(C)C)cc3)cc2OC)cc1OCCOCCOCCOC. The van der Waals surface area contributed by atoms with Crippen molar-refractivity contribution >= 4 is 23.9 Å². The number of esters is 4. The molecule has 0 aromatic heterocycles. The largest absolute Gasteiger partial charge is 0.495 e. The van der Waals surface area contributed by atoms with E-state index in [-0.39, 0.29) is 26.4 Å². The minimum atomic E-state index is -0.689. The Hall–Kier alpha value is -11.3. The van der Waals surface area contributed by atoms with E-state index in [1.807, 2.05) is 41.5 Å². The van der Waals surface area contributed by atoms with E-state index in [2.05, 4.69) is 71.0 Å². The minimum absolute atomic E-state index is 0.110. The summed E-state index contributed by atoms with van der Waals surface area (Å²) in [7, 11) is 6.28. The molecule has 0 N–H and O–H groups in total. The molecule has 7 aromatic rings. The van der Waals surface area contributed by atoms with Crippen molar-refractivity contribution in [3.8, 4) is 94.0 Å². The molecule has 0 spiro atoms. The lowest BCUT2D eigenvalue weighted by molar-refractivity contribution is 0.00570. The predicted octanol–water partition coefficient (Wildman–Crippen LogP) is 14.0. The quantitative estimate of drug-likeness (QED) is 0.0214. The lowest BCUT2D eigenvalue weighted by Crippen LogP contribution is -2.23. The number of carbonyl (C=O) groups excluding carboxylic acids is 4. The highest BCUT2D eigenvalue weighted by Gasteiger charge is 2.22. The molecule has 0 unspecified atom stereocenters. The fraction of sp³-hybridized carbons (Fsp3) is 0.356. The molecule has 0 aliphatic carbocycles. The first kappa shape index (κ1) is 84.0. The maximum Gasteiger partial charge on any atom is 0.338 e. The molecule has 0 radical (unpaired) electrons. The average molecular weight is 1460 g/mol. The summed E-state index contributed by atoms with van der Waals surface area (Å²) in [4.78, 5) is 51.8. The van der Waals surface area contributed by atoms with Gasteiger partial charge in [-0.3, -0.25) is 0 Å². The number of rotatable bonds is 26. The molecule has 18 heteroatoms. The zero-order chi connectivity index (χ0) is 78.3. The van der Waals surface area contributed by atoms with Crippen LogP contribution in [0.5, 0.6) is 23.0 Å². The van der Waals surface area contributed by atoms with Gasteiger partial charge in [0.25, 0.3) is 0 Å². The Bertz CT molecular complexity index is 4340. The highest BCUT2D eigenvalue weighted by Crippen LogP contribution is 2.33. The van der Waals surface area contributed by atoms with E-state index in [1.54, 1.807) is 189 Å². The Morgan fingerprint density at radius 2 is 0.454 bits per heavy atom. The molecule has 0 bridgehead atoms. The maximum absolute atomic E-state index is 13.0. The van der Waals surface area contributed by atoms with Crippen molar-refractivity contribution in [3.63, 3.8) is 0 Å². The molecular formula is C90H94O18. The van der Waals surface area contributed by atoms with E-state index >= 15 is 0 Å². The van der Waals surface area contributed by atoms with E-state index < -0.39 is 46.3 Å². The fourth-order valence-corrected chi connectivity index (χ4v) is 9.38. The first-order valence-electron chi connectivity index (χ1n) is 35.1. The van der Waals surface area contributed by atoms with Crippen LogP contribution in [0.15, 0.2) is 133 Å². The summed E-state index contributed by atoms with van der Waals surface area (Å²) in [6.45, 7) is 25.4. The van der Waals surface area contributed by atoms with Crippen LogP contribution in [0.2, 0.25) is 0 Å². The molecular weight excluding hydrogens is 1370 g/mol. The summed E-state index contributed by atoms with van der Waals surface area (Å²) in [6.07, 6.45) is 0. The van der Waals surface area contributed by atoms with Crippen LogP contribution in [-0.2, 0) is 47.4 Å². The van der Waals surface area contributed by atoms with E-state index in [1.165, 1.54) is 14.2 Å². The first-order valence-corrected chi connectivity index (χ1v) is 35.1. The Morgan fingerprint density at radius 1 is 0.250 bits per heavy atom. The van der Waals surface area contributed by atoms with Crippen molar-refractivity contribution in [2.45, 2.75) is 105 Å². The summed E-state index contributed by atoms with van der Waals surface area (Å²) in [5.74, 6) is 39.1. The Kier molecular flexibility index (Phi) is 31.9. The second kappa shape index (κ2) is 41.0. The Balaban J connectivity index is 1.40. The third-order valence-electron chi connectivity index (χ3n) is 14.4. The maximum atomic E-state index is 13.0. The number of benzene rings is 7. The van der Waals surface area contributed by atoms with Crippen LogP contribution < -0.4 is 18.9 Å². The molecule has 0 aliphatic rings. The van der Waals surface area contributed by atoms with Gasteiger partial charge >= 0.3 is 23.9 Å². The summed E-state index contributed by atoms with van der Waals surface area (Å²) < 4.78 is 80.7. The van der Waals surface area contributed by atoms with Crippen LogP contribution in [0.25, 0.3) is 0 Å². The zero-order valence-electron chi connectivity index (χ0n) is 64.5. The van der Waals surface area contributed by atoms with Crippen LogP contribution in [0, 0.1) is 71.0 Å². The molecule has 0 fully saturated rings. The molecule has 0 amide bonds. The van der Waals surface area contributed by atoms with Gasteiger partial charge < -0.3 is 66.3 Å². The normalized spacial score (nSPS) is 11.0. The van der Waals surface area contributed by atoms with Crippen LogP contribution in [0.4, 0.5) is 0 Å². The molecule has 0 heterocycles. The van der Waals surface area contributed by atoms with Crippen LogP contribution in [-0.4, -0.2) is 154 Å². The summed E-state index contributed by atoms with van der Waals surface area (Å²) in [5.41, 5.74) is 4.86. The molecule has 0 aliphatic heterocycles. The Morgan fingerprint density at radius 3 is 0.685 bits per heavy atom. The van der Waals surface area contributed by atoms with Gasteiger partial charge in [-0.1, -0.05) is 71.0 Å². The number of hydrogen-bond acceptors (Lipinski definition) is 18. The average Bonchev–Trinajstić information content (AvgIpc) is 0.808. The highest BCUT2D eigenvalue weighted by atomic mass is 16.6. The van der Waals surface area contributed by atoms with Crippen molar-refractivity contribution < 1.29 is 85.5 Å². The monoisotopic (exact) mass is 1460 g/mol. The lowest BCUT2D eigenvalue weighted by atomic mass is 10.00. The van der Waals surface area contributed by atoms with Gasteiger partial charge in [0.1, 0.15) is 47.1 Å². The number of ether oxygens (including phenoxy) is 14. The molecule has 562 valence electrons. The summed E-state index contributed by atoms with van der Waals surface area (Å²) in [5, 5.41) is 0. The van der Waals surface area contributed by atoms with Crippen molar-refractivity contribution in [1.29, 1.82) is 0 Å². The molecule has 7 rings (SSSR count). The smallest absolute Gasteiger partial charge is 0.338 e. The minimum Gasteiger partial charge on any atom is -0.495 e. The van der Waals surface area contributed by atoms with Gasteiger partial charge in [0.05, 0.1) is 114 Å². The van der Waals surface area contributed by atoms with Gasteiger partial charge in [-0.05, 0) is 204 Å². The van der Waals surface area contributed by atoms with Gasteiger partial charge in [-0.25, -0.2) is 19.2 Å². The summed E-state index contributed by atoms with van der Waals surface area (Å²) >= 11 is 0. The standard InChI is InChI=1S/C90H94O18/c1-87(2,3)105-83(91)67-29-17-63(18-30-67)25-37-71-57-77(79(97-15)59-73(71)39-27-65-21-33-69(34-22-65)85(93)107-89(7,8)9)43-41-75-61-81(103-55-53-101-51-49-99-47-45-95-13)82(104-56-54-102-52-50-100-48-46-96-14)62-76(75)42-44-78-58-72(38-26-64-19-31-68(32-20-64)84(92)106-88(4,5)6)74(60-80(78)98-16)40-28-66-23-35-70(36-24-66)86(94)108-90(10,11)12/h17-24,29-36,57-62H,45-56H2,1-16H3. The van der Waals surface area contributed by atoms with Gasteiger partial charge in [-0.2, -0.15) is 0 Å². The number of methoxy groups -OCH3 is 4. The first-order chi connectivity index (χ1) is 51.5. The zero-order valence-corrected chi connectivity index (χ0v) is 64.5. The summed E-state index contributed by atoms with van der Waals surface area (Å²) in [6, 6.07) is 37.8. The third-order valence-corrected chi connectivity index (χ3v) is 14.4. The lowest BCUT2D eigenvalue weighted by Gasteiger charge is -2.19. The van der Waals surface area contributed by atoms with Crippen molar-refractivity contribution in [3.05, 3.63) is 222 Å². The molecule has 0 saturated carbocycles. The van der Waals surface area contributed by atoms with Gasteiger partial charge in [-0.15, -0.1) is 0 Å². The van der Waals surface area contributed by atoms with Gasteiger partial charge in [0.15, 0.2) is 11.5 Å². The van der Waals surface area contributed by atoms with Crippen molar-refractivity contribution in [2.75, 3.05) is 108 Å². The topological polar surface area (TPSA) is 197 Å². The Labute approximate surface area is 636 Å². The van der Waals surface area contributed by atoms with Crippen LogP contribution >= 0.6 is 0 Å². The second-order valence-corrected chi connectivity index (χ2v) is 28.0. The number of hydrogen-bond donors (Lipinski definition) is 0. The molecule has 0 saturated heterocycles. The van der Waals surface area contributed by atoms with E-state index in [4.69, 9.17) is 66.3 Å². The van der Waals surface area contributed by atoms with E-state index in [9.17, 15) is 19.2 Å². The highest BCUT2D eigenvalue weighted by molar-refractivity contribution is 5.91. The molecule has 7 aromatic carbocycles. The van der Waals surface area contributed by atoms with Crippen molar-refractivity contribution in [2.24, 2.45) is 0 Å². The predicted molar refractivity (Wildman–Crippen MR) is 413 cm³/mol. The number of carbonyl (C=O) groups is 4. The van der Waals surface area contributed by atoms with Gasteiger partial charge in [0, 0.05) is 82.0 Å². The van der Waals surface area contributed by atoms with Crippen LogP contribution in [0.3, 0.4) is 0 Å². The van der Waals surface area contributed by atoms with E-state index in [0.717, 1.165) is 0 Å². The molecule has 0 atom stereocenters. The van der Waals surface area contributed by atoms with E-state index in [0.29, 0.717) is 165 Å². The van der Waals surface area contributed by atoms with Gasteiger partial charge in [0.2, 0.25) is 0 Å². The second-order valence-electron chi connectivity index (χ2n) is 28.0. The fourth-order valence-electron chi connectivity index (χ4n) is 9.38.